The molecular weight excluding hydrogens is 781 g/mol. The van der Waals surface area contributed by atoms with Crippen LogP contribution in [0.3, 0.4) is 0 Å². The van der Waals surface area contributed by atoms with Gasteiger partial charge in [-0.05, 0) is 83.5 Å². The van der Waals surface area contributed by atoms with Gasteiger partial charge in [-0.25, -0.2) is 0 Å². The minimum atomic E-state index is -0.798. The molecule has 0 spiro atoms. The second-order valence-corrected chi connectivity index (χ2v) is 17.4. The van der Waals surface area contributed by atoms with Crippen LogP contribution in [0.25, 0.3) is 0 Å². The summed E-state index contributed by atoms with van der Waals surface area (Å²) in [5.74, 6) is -0.956. The lowest BCUT2D eigenvalue weighted by Crippen LogP contribution is -2.30. The molecule has 0 amide bonds. The lowest BCUT2D eigenvalue weighted by atomic mass is 10.1. The highest BCUT2D eigenvalue weighted by atomic mass is 16.6. The smallest absolute Gasteiger partial charge is 0.306 e. The average molecular weight is 879 g/mol. The molecule has 0 aromatic carbocycles. The van der Waals surface area contributed by atoms with Crippen LogP contribution in [0.2, 0.25) is 0 Å². The molecule has 6 nitrogen and oxygen atoms in total. The van der Waals surface area contributed by atoms with Gasteiger partial charge in [0, 0.05) is 19.3 Å². The van der Waals surface area contributed by atoms with E-state index < -0.39 is 6.10 Å². The molecule has 1 atom stereocenters. The molecule has 0 radical (unpaired) electrons. The number of hydrogen-bond acceptors (Lipinski definition) is 6. The first-order chi connectivity index (χ1) is 31.0. The predicted molar refractivity (Wildman–Crippen MR) is 270 cm³/mol. The van der Waals surface area contributed by atoms with E-state index in [-0.39, 0.29) is 37.5 Å². The topological polar surface area (TPSA) is 78.9 Å². The monoisotopic (exact) mass is 879 g/mol. The molecule has 0 aromatic rings. The number of carbonyl (C=O) groups excluding carboxylic acids is 3. The van der Waals surface area contributed by atoms with Crippen molar-refractivity contribution >= 4 is 17.9 Å². The standard InChI is InChI=1S/C57H98O6/c1-4-7-10-13-16-19-22-24-26-28-30-32-35-38-41-44-47-50-56(59)62-53-54(52-61-55(58)49-46-43-40-37-34-21-18-15-12-9-6-3)63-57(60)51-48-45-42-39-36-33-31-29-27-25-23-20-17-14-11-8-5-2/h7,10,16,19,24-27,30,32,38,41,54H,4-6,8-9,11-15,17-18,20-23,28-29,31,33-37,39-40,42-53H2,1-3H3/b10-7-,19-16-,26-24-,27-25-,32-30-,41-38-. The Kier molecular flexibility index (Phi) is 48.9. The number of rotatable bonds is 47. The predicted octanol–water partition coefficient (Wildman–Crippen LogP) is 17.4. The fraction of sp³-hybridized carbons (Fsp3) is 0.737. The molecule has 0 saturated heterocycles. The van der Waals surface area contributed by atoms with Gasteiger partial charge in [-0.15, -0.1) is 0 Å². The number of allylic oxidation sites excluding steroid dienone is 12. The van der Waals surface area contributed by atoms with Crippen molar-refractivity contribution in [1.82, 2.24) is 0 Å². The highest BCUT2D eigenvalue weighted by molar-refractivity contribution is 5.71. The second-order valence-electron chi connectivity index (χ2n) is 17.4. The maximum atomic E-state index is 12.8. The Hall–Kier alpha value is -3.15. The lowest BCUT2D eigenvalue weighted by Gasteiger charge is -2.18. The Bertz CT molecular complexity index is 1190. The van der Waals surface area contributed by atoms with Crippen molar-refractivity contribution in [2.45, 2.75) is 258 Å². The molecule has 0 aliphatic heterocycles. The quantitative estimate of drug-likeness (QED) is 0.0262. The number of ether oxygens (including phenoxy) is 3. The Balaban J connectivity index is 4.45. The number of carbonyl (C=O) groups is 3. The third-order valence-corrected chi connectivity index (χ3v) is 11.2. The first-order valence-electron chi connectivity index (χ1n) is 26.4. The summed E-state index contributed by atoms with van der Waals surface area (Å²) in [5.41, 5.74) is 0. The van der Waals surface area contributed by atoms with Crippen molar-refractivity contribution in [1.29, 1.82) is 0 Å². The van der Waals surface area contributed by atoms with Crippen molar-refractivity contribution in [3.05, 3.63) is 72.9 Å². The summed E-state index contributed by atoms with van der Waals surface area (Å²) >= 11 is 0. The van der Waals surface area contributed by atoms with Crippen LogP contribution in [-0.4, -0.2) is 37.2 Å². The van der Waals surface area contributed by atoms with Gasteiger partial charge in [-0.3, -0.25) is 14.4 Å². The first-order valence-corrected chi connectivity index (χ1v) is 26.4. The molecule has 0 bridgehead atoms. The zero-order valence-corrected chi connectivity index (χ0v) is 41.3. The van der Waals surface area contributed by atoms with Crippen LogP contribution in [0, 0.1) is 0 Å². The minimum Gasteiger partial charge on any atom is -0.462 e. The van der Waals surface area contributed by atoms with Gasteiger partial charge in [0.15, 0.2) is 6.10 Å². The fourth-order valence-corrected chi connectivity index (χ4v) is 7.24. The largest absolute Gasteiger partial charge is 0.462 e. The molecule has 0 fully saturated rings. The third kappa shape index (κ3) is 49.7. The molecule has 1 unspecified atom stereocenters. The number of hydrogen-bond donors (Lipinski definition) is 0. The Morgan fingerprint density at radius 1 is 0.333 bits per heavy atom. The van der Waals surface area contributed by atoms with Crippen LogP contribution in [-0.2, 0) is 28.6 Å². The average Bonchev–Trinajstić information content (AvgIpc) is 3.28. The summed E-state index contributed by atoms with van der Waals surface area (Å²) in [7, 11) is 0. The lowest BCUT2D eigenvalue weighted by molar-refractivity contribution is -0.167. The van der Waals surface area contributed by atoms with E-state index in [0.717, 1.165) is 77.0 Å². The summed E-state index contributed by atoms with van der Waals surface area (Å²) in [5, 5.41) is 0. The summed E-state index contributed by atoms with van der Waals surface area (Å²) in [6.45, 7) is 6.47. The molecular formula is C57H98O6. The van der Waals surface area contributed by atoms with Gasteiger partial charge in [0.1, 0.15) is 13.2 Å². The molecule has 0 heterocycles. The van der Waals surface area contributed by atoms with Gasteiger partial charge in [-0.1, -0.05) is 222 Å². The van der Waals surface area contributed by atoms with Crippen molar-refractivity contribution in [3.63, 3.8) is 0 Å². The summed E-state index contributed by atoms with van der Waals surface area (Å²) < 4.78 is 16.8. The Morgan fingerprint density at radius 2 is 0.635 bits per heavy atom. The fourth-order valence-electron chi connectivity index (χ4n) is 7.24. The molecule has 0 N–H and O–H groups in total. The van der Waals surface area contributed by atoms with Crippen molar-refractivity contribution < 1.29 is 28.6 Å². The summed E-state index contributed by atoms with van der Waals surface area (Å²) in [6, 6.07) is 0. The molecule has 362 valence electrons. The Labute approximate surface area is 389 Å². The van der Waals surface area contributed by atoms with Crippen molar-refractivity contribution in [3.8, 4) is 0 Å². The first kappa shape index (κ1) is 59.9. The van der Waals surface area contributed by atoms with E-state index in [2.05, 4.69) is 93.7 Å². The van der Waals surface area contributed by atoms with Gasteiger partial charge in [-0.2, -0.15) is 0 Å². The normalized spacial score (nSPS) is 12.6. The van der Waals surface area contributed by atoms with Crippen molar-refractivity contribution in [2.24, 2.45) is 0 Å². The highest BCUT2D eigenvalue weighted by Crippen LogP contribution is 2.15. The molecule has 0 aromatic heterocycles. The van der Waals surface area contributed by atoms with E-state index in [9.17, 15) is 14.4 Å². The molecule has 6 heteroatoms. The molecule has 0 aliphatic carbocycles. The van der Waals surface area contributed by atoms with Crippen molar-refractivity contribution in [2.75, 3.05) is 13.2 Å². The van der Waals surface area contributed by atoms with Crippen LogP contribution in [0.5, 0.6) is 0 Å². The molecule has 63 heavy (non-hydrogen) atoms. The van der Waals surface area contributed by atoms with E-state index in [1.807, 2.05) is 0 Å². The van der Waals surface area contributed by atoms with Crippen LogP contribution >= 0.6 is 0 Å². The van der Waals surface area contributed by atoms with Gasteiger partial charge < -0.3 is 14.2 Å². The van der Waals surface area contributed by atoms with Gasteiger partial charge in [0.05, 0.1) is 0 Å². The SMILES string of the molecule is CC/C=C\C/C=C\C/C=C\C/C=C\C/C=C\CCCC(=O)OCC(COC(=O)CCCCCCCCCCCCC)OC(=O)CCCCCCCCC/C=C\CCCCCCCC. The zero-order chi connectivity index (χ0) is 45.8. The zero-order valence-electron chi connectivity index (χ0n) is 41.3. The second kappa shape index (κ2) is 51.5. The Morgan fingerprint density at radius 3 is 1.05 bits per heavy atom. The molecule has 0 rings (SSSR count). The maximum Gasteiger partial charge on any atom is 0.306 e. The van der Waals surface area contributed by atoms with Gasteiger partial charge >= 0.3 is 17.9 Å². The number of esters is 3. The van der Waals surface area contributed by atoms with Gasteiger partial charge in [0.2, 0.25) is 0 Å². The van der Waals surface area contributed by atoms with E-state index >= 15 is 0 Å². The van der Waals surface area contributed by atoms with E-state index in [4.69, 9.17) is 14.2 Å². The minimum absolute atomic E-state index is 0.0931. The van der Waals surface area contributed by atoms with Crippen LogP contribution in [0.15, 0.2) is 72.9 Å². The molecule has 0 saturated carbocycles. The maximum absolute atomic E-state index is 12.8. The summed E-state index contributed by atoms with van der Waals surface area (Å²) in [6.07, 6.45) is 64.6. The van der Waals surface area contributed by atoms with Crippen LogP contribution in [0.1, 0.15) is 252 Å². The third-order valence-electron chi connectivity index (χ3n) is 11.2. The van der Waals surface area contributed by atoms with E-state index in [1.165, 1.54) is 128 Å². The van der Waals surface area contributed by atoms with Gasteiger partial charge in [0.25, 0.3) is 0 Å². The van der Waals surface area contributed by atoms with E-state index in [1.54, 1.807) is 0 Å². The van der Waals surface area contributed by atoms with Crippen LogP contribution < -0.4 is 0 Å². The summed E-state index contributed by atoms with van der Waals surface area (Å²) in [4.78, 5) is 38.0. The molecule has 0 aliphatic rings. The van der Waals surface area contributed by atoms with E-state index in [0.29, 0.717) is 19.3 Å². The number of unbranched alkanes of at least 4 members (excludes halogenated alkanes) is 24. The van der Waals surface area contributed by atoms with Crippen LogP contribution in [0.4, 0.5) is 0 Å². The highest BCUT2D eigenvalue weighted by Gasteiger charge is 2.19.